The molecule has 1 aromatic heterocycles. The number of likely N-dealkylation sites (N-methyl/N-ethyl adjacent to an activating group) is 1. The van der Waals surface area contributed by atoms with Crippen molar-refractivity contribution in [2.24, 2.45) is 23.7 Å². The predicted molar refractivity (Wildman–Crippen MR) is 214 cm³/mol. The zero-order chi connectivity index (χ0) is 42.0. The number of alkyl carbamates (subject to hydrolysis) is 1. The van der Waals surface area contributed by atoms with Gasteiger partial charge in [-0.15, -0.1) is 0 Å². The molecule has 0 spiro atoms. The third-order valence-electron chi connectivity index (χ3n) is 12.1. The normalized spacial score (nSPS) is 38.2. The number of thiocarbonyl (C=S) groups is 1. The Morgan fingerprint density at radius 3 is 2.37 bits per heavy atom. The van der Waals surface area contributed by atoms with Gasteiger partial charge in [0.1, 0.15) is 41.4 Å². The number of cyclic esters (lactones) is 1. The molecule has 57 heavy (non-hydrogen) atoms. The zero-order valence-corrected chi connectivity index (χ0v) is 35.7. The number of ether oxygens (including phenoxy) is 5. The molecule has 5 rings (SSSR count). The molecule has 3 N–H and O–H groups in total. The van der Waals surface area contributed by atoms with Gasteiger partial charge in [0.15, 0.2) is 17.7 Å². The SMILES string of the molecule is CC[C@H]1OC(=O)[C@H](C)C(=O)[C@H](C)[C@@H](O[C@@H]2O[C@H](C)C[C@H](N(C)C)[C@H]2O)[C@](C)(OC(=O)NCC=Cc2cnc(C3CC3)nc2)C[C@@H](C)C(=O)[C@H](C)[C@H]2NC(=S)O[C@@]21C. The summed E-state index contributed by atoms with van der Waals surface area (Å²) in [5.41, 5.74) is -2.16. The fraction of sp³-hybridized carbons (Fsp3) is 0.732. The molecule has 3 saturated heterocycles. The van der Waals surface area contributed by atoms with Crippen molar-refractivity contribution in [1.29, 1.82) is 0 Å². The average molecular weight is 816 g/mol. The van der Waals surface area contributed by atoms with E-state index in [9.17, 15) is 24.3 Å². The highest BCUT2D eigenvalue weighted by atomic mass is 32.1. The van der Waals surface area contributed by atoms with Crippen LogP contribution in [0.5, 0.6) is 0 Å². The van der Waals surface area contributed by atoms with E-state index in [1.807, 2.05) is 32.8 Å². The van der Waals surface area contributed by atoms with Crippen LogP contribution in [0, 0.1) is 23.7 Å². The summed E-state index contributed by atoms with van der Waals surface area (Å²) in [6.07, 6.45) is 4.17. The predicted octanol–water partition coefficient (Wildman–Crippen LogP) is 4.10. The molecule has 1 amide bonds. The van der Waals surface area contributed by atoms with Crippen molar-refractivity contribution >= 4 is 47.1 Å². The maximum absolute atomic E-state index is 14.5. The fourth-order valence-electron chi connectivity index (χ4n) is 8.66. The summed E-state index contributed by atoms with van der Waals surface area (Å²) in [7, 11) is 3.68. The maximum Gasteiger partial charge on any atom is 0.408 e. The van der Waals surface area contributed by atoms with Crippen molar-refractivity contribution < 1.29 is 48.0 Å². The Bertz CT molecular complexity index is 1670. The quantitative estimate of drug-likeness (QED) is 0.184. The first-order valence-corrected chi connectivity index (χ1v) is 20.6. The minimum atomic E-state index is -1.70. The van der Waals surface area contributed by atoms with Crippen LogP contribution in [0.15, 0.2) is 18.5 Å². The Labute approximate surface area is 341 Å². The number of hydrogen-bond donors (Lipinski definition) is 3. The molecule has 316 valence electrons. The Morgan fingerprint density at radius 2 is 1.75 bits per heavy atom. The van der Waals surface area contributed by atoms with Crippen LogP contribution in [0.4, 0.5) is 4.79 Å². The topological polar surface area (TPSA) is 188 Å². The maximum atomic E-state index is 14.5. The van der Waals surface area contributed by atoms with E-state index < -0.39 is 83.4 Å². The van der Waals surface area contributed by atoms with E-state index in [4.69, 9.17) is 35.9 Å². The van der Waals surface area contributed by atoms with Crippen LogP contribution in [0.3, 0.4) is 0 Å². The van der Waals surface area contributed by atoms with Crippen LogP contribution >= 0.6 is 12.2 Å². The van der Waals surface area contributed by atoms with Crippen LogP contribution in [-0.2, 0) is 38.1 Å². The molecule has 0 radical (unpaired) electrons. The molecule has 4 aliphatic rings. The Morgan fingerprint density at radius 1 is 1.09 bits per heavy atom. The number of hydrogen-bond acceptors (Lipinski definition) is 14. The molecular formula is C41H61N5O10S. The Hall–Kier alpha value is -3.57. The van der Waals surface area contributed by atoms with Gasteiger partial charge in [-0.1, -0.05) is 39.8 Å². The molecule has 0 unspecified atom stereocenters. The van der Waals surface area contributed by atoms with Crippen LogP contribution in [0.25, 0.3) is 6.08 Å². The molecule has 16 heteroatoms. The number of carbonyl (C=O) groups is 4. The number of carbonyl (C=O) groups excluding carboxylic acids is 4. The van der Waals surface area contributed by atoms with Crippen molar-refractivity contribution in [2.75, 3.05) is 20.6 Å². The van der Waals surface area contributed by atoms with Gasteiger partial charge in [0.2, 0.25) is 0 Å². The summed E-state index contributed by atoms with van der Waals surface area (Å²) >= 11 is 5.41. The summed E-state index contributed by atoms with van der Waals surface area (Å²) in [5, 5.41) is 17.5. The van der Waals surface area contributed by atoms with Gasteiger partial charge in [0, 0.05) is 54.2 Å². The van der Waals surface area contributed by atoms with E-state index >= 15 is 0 Å². The zero-order valence-electron chi connectivity index (χ0n) is 34.9. The second kappa shape index (κ2) is 18.1. The highest BCUT2D eigenvalue weighted by Crippen LogP contribution is 2.41. The molecule has 15 nitrogen and oxygen atoms in total. The lowest BCUT2D eigenvalue weighted by Gasteiger charge is -2.47. The number of ketones is 2. The molecule has 4 heterocycles. The number of esters is 1. The Kier molecular flexibility index (Phi) is 14.2. The minimum absolute atomic E-state index is 0.0674. The van der Waals surface area contributed by atoms with Gasteiger partial charge in [0.25, 0.3) is 5.17 Å². The number of amides is 1. The van der Waals surface area contributed by atoms with Crippen LogP contribution in [0.1, 0.15) is 105 Å². The lowest BCUT2D eigenvalue weighted by atomic mass is 9.73. The molecule has 0 bridgehead atoms. The molecular weight excluding hydrogens is 755 g/mol. The average Bonchev–Trinajstić information content (AvgIpc) is 3.96. The molecule has 1 saturated carbocycles. The van der Waals surface area contributed by atoms with E-state index in [1.165, 1.54) is 6.92 Å². The highest BCUT2D eigenvalue weighted by molar-refractivity contribution is 7.80. The Balaban J connectivity index is 1.50. The van der Waals surface area contributed by atoms with Gasteiger partial charge in [-0.05, 0) is 86.1 Å². The first kappa shape index (κ1) is 44.5. The first-order chi connectivity index (χ1) is 26.8. The standard InChI is InChI=1S/C41H61N5O10S/c1-11-29-41(8)33(45-39(57)56-41)23(4)30(47)21(2)18-40(7,55-38(51)42-16-12-13-26-19-43-35(44-20-26)27-14-15-27)34(24(5)31(48)25(6)36(50)53-29)54-37-32(49)28(46(9)10)17-22(3)52-37/h12-13,19-25,27-29,32-34,37,49H,11,14-18H2,1-10H3,(H,42,51)(H,45,57)/t21-,22-,23+,24+,25-,28+,29-,32-,33-,34-,37+,40-,41-/m1/s1. The third kappa shape index (κ3) is 10.0. The van der Waals surface area contributed by atoms with Gasteiger partial charge in [-0.2, -0.15) is 0 Å². The first-order valence-electron chi connectivity index (χ1n) is 20.2. The van der Waals surface area contributed by atoms with Crippen molar-refractivity contribution in [3.8, 4) is 0 Å². The number of nitrogens with one attached hydrogen (secondary N) is 2. The van der Waals surface area contributed by atoms with E-state index in [2.05, 4.69) is 20.6 Å². The van der Waals surface area contributed by atoms with Crippen LogP contribution in [0.2, 0.25) is 0 Å². The van der Waals surface area contributed by atoms with E-state index in [-0.39, 0.29) is 36.1 Å². The van der Waals surface area contributed by atoms with Gasteiger partial charge in [-0.25, -0.2) is 14.8 Å². The monoisotopic (exact) mass is 815 g/mol. The van der Waals surface area contributed by atoms with Gasteiger partial charge in [0.05, 0.1) is 12.1 Å². The minimum Gasteiger partial charge on any atom is -0.459 e. The van der Waals surface area contributed by atoms with Crippen LogP contribution < -0.4 is 10.6 Å². The molecule has 1 aromatic rings. The summed E-state index contributed by atoms with van der Waals surface area (Å²) in [6.45, 7) is 13.6. The highest BCUT2D eigenvalue weighted by Gasteiger charge is 2.57. The number of Topliss-reactive ketones (excluding diaryl/α,β-unsaturated/α-hetero) is 2. The third-order valence-corrected chi connectivity index (χ3v) is 12.3. The molecule has 1 aliphatic carbocycles. The summed E-state index contributed by atoms with van der Waals surface area (Å²) in [5.74, 6) is -4.18. The van der Waals surface area contributed by atoms with Crippen LogP contribution in [-0.4, -0.2) is 123 Å². The van der Waals surface area contributed by atoms with Gasteiger partial charge >= 0.3 is 12.1 Å². The summed E-state index contributed by atoms with van der Waals surface area (Å²) in [6, 6.07) is -1.05. The second-order valence-electron chi connectivity index (χ2n) is 17.0. The van der Waals surface area contributed by atoms with Crippen molar-refractivity contribution in [2.45, 2.75) is 147 Å². The smallest absolute Gasteiger partial charge is 0.408 e. The van der Waals surface area contributed by atoms with Crippen molar-refractivity contribution in [3.05, 3.63) is 29.9 Å². The number of aliphatic hydroxyl groups excluding tert-OH is 1. The number of fused-ring (bicyclic) bond motifs is 1. The number of aliphatic hydroxyl groups is 1. The summed E-state index contributed by atoms with van der Waals surface area (Å²) < 4.78 is 31.2. The molecule has 13 atom stereocenters. The molecule has 0 aromatic carbocycles. The largest absolute Gasteiger partial charge is 0.459 e. The fourth-order valence-corrected chi connectivity index (χ4v) is 8.96. The summed E-state index contributed by atoms with van der Waals surface area (Å²) in [4.78, 5) is 67.2. The van der Waals surface area contributed by atoms with Crippen molar-refractivity contribution in [1.82, 2.24) is 25.5 Å². The number of rotatable bonds is 9. The second-order valence-corrected chi connectivity index (χ2v) is 17.4. The number of nitrogens with zero attached hydrogens (tertiary/aromatic N) is 3. The molecule has 4 fully saturated rings. The van der Waals surface area contributed by atoms with Gasteiger partial charge < -0.3 is 44.3 Å². The lowest BCUT2D eigenvalue weighted by Crippen LogP contribution is -2.60. The van der Waals surface area contributed by atoms with Crippen molar-refractivity contribution in [3.63, 3.8) is 0 Å². The van der Waals surface area contributed by atoms with E-state index in [0.29, 0.717) is 18.8 Å². The van der Waals surface area contributed by atoms with Gasteiger partial charge in [-0.3, -0.25) is 14.4 Å². The number of aromatic nitrogens is 2. The van der Waals surface area contributed by atoms with E-state index in [0.717, 1.165) is 24.2 Å². The molecule has 3 aliphatic heterocycles. The van der Waals surface area contributed by atoms with E-state index in [1.54, 1.807) is 59.2 Å². The lowest BCUT2D eigenvalue weighted by molar-refractivity contribution is -0.292.